The zero-order valence-electron chi connectivity index (χ0n) is 8.13. The van der Waals surface area contributed by atoms with Gasteiger partial charge in [0.05, 0.1) is 12.9 Å². The van der Waals surface area contributed by atoms with Gasteiger partial charge in [-0.3, -0.25) is 0 Å². The Bertz CT molecular complexity index is 294. The summed E-state index contributed by atoms with van der Waals surface area (Å²) in [6, 6.07) is 2.33. The molecule has 0 radical (unpaired) electrons. The fraction of sp³-hybridized carbons (Fsp3) is 0.600. The van der Waals surface area contributed by atoms with Crippen molar-refractivity contribution in [2.75, 3.05) is 20.3 Å². The van der Waals surface area contributed by atoms with E-state index >= 15 is 0 Å². The largest absolute Gasteiger partial charge is 0.457 e. The Kier molecular flexibility index (Phi) is 3.26. The Morgan fingerprint density at radius 1 is 1.64 bits per heavy atom. The molecule has 0 spiro atoms. The van der Waals surface area contributed by atoms with E-state index in [9.17, 15) is 0 Å². The maximum atomic E-state index is 5.39. The lowest BCUT2D eigenvalue weighted by Gasteiger charge is -2.20. The second-order valence-electron chi connectivity index (χ2n) is 3.54. The van der Waals surface area contributed by atoms with E-state index in [-0.39, 0.29) is 0 Å². The zero-order valence-corrected chi connectivity index (χ0v) is 9.71. The fourth-order valence-corrected chi connectivity index (χ4v) is 2.47. The molecule has 3 nitrogen and oxygen atoms in total. The van der Waals surface area contributed by atoms with E-state index in [0.29, 0.717) is 12.0 Å². The molecule has 14 heavy (non-hydrogen) atoms. The van der Waals surface area contributed by atoms with Crippen molar-refractivity contribution in [2.24, 2.45) is 5.92 Å². The van der Waals surface area contributed by atoms with Gasteiger partial charge in [-0.15, -0.1) is 0 Å². The number of ether oxygens (including phenoxy) is 1. The molecule has 1 aromatic rings. The first kappa shape index (κ1) is 10.2. The number of nitrogens with one attached hydrogen (secondary N) is 1. The third-order valence-corrected chi connectivity index (χ3v) is 3.37. The van der Waals surface area contributed by atoms with E-state index in [1.807, 2.05) is 13.1 Å². The van der Waals surface area contributed by atoms with Gasteiger partial charge in [0.1, 0.15) is 0 Å². The molecule has 0 amide bonds. The molecule has 0 bridgehead atoms. The van der Waals surface area contributed by atoms with Crippen molar-refractivity contribution in [3.05, 3.63) is 22.6 Å². The lowest BCUT2D eigenvalue weighted by atomic mass is 9.94. The molecular formula is C10H14BrNO2. The quantitative estimate of drug-likeness (QED) is 0.905. The van der Waals surface area contributed by atoms with Crippen molar-refractivity contribution in [3.63, 3.8) is 0 Å². The predicted octanol–water partition coefficient (Wildman–Crippen LogP) is 2.34. The Balaban J connectivity index is 2.16. The van der Waals surface area contributed by atoms with E-state index in [2.05, 4.69) is 21.2 Å². The summed E-state index contributed by atoms with van der Waals surface area (Å²) in [5.74, 6) is 0.550. The summed E-state index contributed by atoms with van der Waals surface area (Å²) >= 11 is 3.41. The lowest BCUT2D eigenvalue weighted by Crippen LogP contribution is -2.25. The number of halogens is 1. The summed E-state index contributed by atoms with van der Waals surface area (Å²) in [5, 5.41) is 3.32. The number of furan rings is 1. The van der Waals surface area contributed by atoms with Crippen LogP contribution in [-0.2, 0) is 4.74 Å². The van der Waals surface area contributed by atoms with Gasteiger partial charge in [0.2, 0.25) is 0 Å². The minimum atomic E-state index is 0.325. The van der Waals surface area contributed by atoms with Gasteiger partial charge in [-0.25, -0.2) is 0 Å². The first-order valence-corrected chi connectivity index (χ1v) is 5.60. The van der Waals surface area contributed by atoms with Gasteiger partial charge in [-0.1, -0.05) is 0 Å². The molecule has 2 rings (SSSR count). The van der Waals surface area contributed by atoms with Crippen LogP contribution < -0.4 is 5.32 Å². The average molecular weight is 260 g/mol. The van der Waals surface area contributed by atoms with Crippen molar-refractivity contribution >= 4 is 15.9 Å². The molecule has 1 N–H and O–H groups in total. The van der Waals surface area contributed by atoms with Crippen LogP contribution in [0.5, 0.6) is 0 Å². The summed E-state index contributed by atoms with van der Waals surface area (Å²) in [6.07, 6.45) is 2.82. The van der Waals surface area contributed by atoms with Crippen LogP contribution in [0, 0.1) is 5.92 Å². The van der Waals surface area contributed by atoms with Crippen molar-refractivity contribution in [1.29, 1.82) is 0 Å². The Labute approximate surface area is 91.9 Å². The standard InChI is InChI=1S/C10H14BrNO2/c1-12-9(7-2-4-13-6-7)8-3-5-14-10(8)11/h3,5,7,9,12H,2,4,6H2,1H3. The highest BCUT2D eigenvalue weighted by atomic mass is 79.9. The Morgan fingerprint density at radius 3 is 3.00 bits per heavy atom. The number of hydrogen-bond acceptors (Lipinski definition) is 3. The summed E-state index contributed by atoms with van der Waals surface area (Å²) < 4.78 is 11.5. The first-order valence-electron chi connectivity index (χ1n) is 4.81. The van der Waals surface area contributed by atoms with Gasteiger partial charge in [0, 0.05) is 24.1 Å². The van der Waals surface area contributed by atoms with Crippen LogP contribution in [0.3, 0.4) is 0 Å². The lowest BCUT2D eigenvalue weighted by molar-refractivity contribution is 0.177. The van der Waals surface area contributed by atoms with Gasteiger partial charge in [-0.2, -0.15) is 0 Å². The first-order chi connectivity index (χ1) is 6.83. The molecule has 0 aromatic carbocycles. The highest BCUT2D eigenvalue weighted by Gasteiger charge is 2.28. The number of hydrogen-bond donors (Lipinski definition) is 1. The molecule has 1 saturated heterocycles. The van der Waals surface area contributed by atoms with Gasteiger partial charge in [0.25, 0.3) is 0 Å². The third kappa shape index (κ3) is 1.87. The Hall–Kier alpha value is -0.320. The van der Waals surface area contributed by atoms with Crippen LogP contribution in [0.1, 0.15) is 18.0 Å². The van der Waals surface area contributed by atoms with E-state index in [0.717, 1.165) is 24.3 Å². The second-order valence-corrected chi connectivity index (χ2v) is 4.26. The molecule has 1 aliphatic rings. The molecule has 2 atom stereocenters. The molecule has 1 aromatic heterocycles. The summed E-state index contributed by atoms with van der Waals surface area (Å²) in [7, 11) is 1.97. The van der Waals surface area contributed by atoms with Crippen LogP contribution in [0.25, 0.3) is 0 Å². The van der Waals surface area contributed by atoms with Crippen LogP contribution in [-0.4, -0.2) is 20.3 Å². The van der Waals surface area contributed by atoms with E-state index in [4.69, 9.17) is 9.15 Å². The van der Waals surface area contributed by atoms with Gasteiger partial charge in [0.15, 0.2) is 4.67 Å². The van der Waals surface area contributed by atoms with Crippen molar-refractivity contribution in [3.8, 4) is 0 Å². The maximum Gasteiger partial charge on any atom is 0.173 e. The van der Waals surface area contributed by atoms with Crippen LogP contribution in [0.15, 0.2) is 21.4 Å². The molecule has 2 unspecified atom stereocenters. The summed E-state index contributed by atoms with van der Waals surface area (Å²) in [6.45, 7) is 1.71. The van der Waals surface area contributed by atoms with Crippen LogP contribution >= 0.6 is 15.9 Å². The molecule has 0 aliphatic carbocycles. The smallest absolute Gasteiger partial charge is 0.173 e. The number of rotatable bonds is 3. The van der Waals surface area contributed by atoms with Crippen LogP contribution in [0.2, 0.25) is 0 Å². The molecule has 1 fully saturated rings. The minimum Gasteiger partial charge on any atom is -0.457 e. The topological polar surface area (TPSA) is 34.4 Å². The van der Waals surface area contributed by atoms with Crippen molar-refractivity contribution in [1.82, 2.24) is 5.32 Å². The third-order valence-electron chi connectivity index (χ3n) is 2.73. The highest BCUT2D eigenvalue weighted by molar-refractivity contribution is 9.10. The summed E-state index contributed by atoms with van der Waals surface area (Å²) in [4.78, 5) is 0. The van der Waals surface area contributed by atoms with Crippen molar-refractivity contribution in [2.45, 2.75) is 12.5 Å². The van der Waals surface area contributed by atoms with Gasteiger partial charge < -0.3 is 14.5 Å². The minimum absolute atomic E-state index is 0.325. The van der Waals surface area contributed by atoms with Gasteiger partial charge in [-0.05, 0) is 35.5 Å². The molecule has 2 heterocycles. The van der Waals surface area contributed by atoms with Gasteiger partial charge >= 0.3 is 0 Å². The molecule has 0 saturated carbocycles. The SMILES string of the molecule is CNC(c1ccoc1Br)C1CCOC1. The molecule has 1 aliphatic heterocycles. The fourth-order valence-electron chi connectivity index (χ4n) is 1.99. The van der Waals surface area contributed by atoms with E-state index in [1.165, 1.54) is 5.56 Å². The van der Waals surface area contributed by atoms with Crippen LogP contribution in [0.4, 0.5) is 0 Å². The normalized spacial score (nSPS) is 24.0. The zero-order chi connectivity index (χ0) is 9.97. The maximum absolute atomic E-state index is 5.39. The molecule has 4 heteroatoms. The highest BCUT2D eigenvalue weighted by Crippen LogP contribution is 2.33. The molecule has 78 valence electrons. The van der Waals surface area contributed by atoms with E-state index < -0.39 is 0 Å². The van der Waals surface area contributed by atoms with E-state index in [1.54, 1.807) is 6.26 Å². The predicted molar refractivity (Wildman–Crippen MR) is 57.1 cm³/mol. The molecular weight excluding hydrogens is 246 g/mol. The summed E-state index contributed by atoms with van der Waals surface area (Å²) in [5.41, 5.74) is 1.18. The monoisotopic (exact) mass is 259 g/mol. The Morgan fingerprint density at radius 2 is 2.50 bits per heavy atom. The average Bonchev–Trinajstić information content (AvgIpc) is 2.80. The second kappa shape index (κ2) is 4.47. The van der Waals surface area contributed by atoms with Crippen molar-refractivity contribution < 1.29 is 9.15 Å².